The third-order valence-corrected chi connectivity index (χ3v) is 5.18. The normalized spacial score (nSPS) is 28.8. The summed E-state index contributed by atoms with van der Waals surface area (Å²) in [5.41, 5.74) is -0.491. The lowest BCUT2D eigenvalue weighted by molar-refractivity contribution is -0.163. The predicted octanol–water partition coefficient (Wildman–Crippen LogP) is 3.16. The van der Waals surface area contributed by atoms with E-state index in [-0.39, 0.29) is 18.1 Å². The maximum atomic E-state index is 13.4. The van der Waals surface area contributed by atoms with Crippen molar-refractivity contribution in [2.75, 3.05) is 6.54 Å². The number of halogens is 2. The van der Waals surface area contributed by atoms with Gasteiger partial charge in [0.15, 0.2) is 0 Å². The number of nitrogens with zero attached hydrogens (tertiary/aromatic N) is 1. The average molecular weight is 293 g/mol. The summed E-state index contributed by atoms with van der Waals surface area (Å²) >= 11 is 0. The highest BCUT2D eigenvalue weighted by Crippen LogP contribution is 2.51. The fourth-order valence-corrected chi connectivity index (χ4v) is 3.81. The number of alkyl halides is 2. The van der Waals surface area contributed by atoms with E-state index in [0.717, 1.165) is 11.3 Å². The average Bonchev–Trinajstić information content (AvgIpc) is 2.75. The van der Waals surface area contributed by atoms with Crippen LogP contribution in [0.2, 0.25) is 0 Å². The van der Waals surface area contributed by atoms with Gasteiger partial charge in [-0.25, -0.2) is 8.78 Å². The Morgan fingerprint density at radius 1 is 1.33 bits per heavy atom. The highest BCUT2D eigenvalue weighted by atomic mass is 19.3. The van der Waals surface area contributed by atoms with E-state index in [2.05, 4.69) is 0 Å². The van der Waals surface area contributed by atoms with Gasteiger partial charge in [-0.3, -0.25) is 4.79 Å². The smallest absolute Gasteiger partial charge is 0.252 e. The van der Waals surface area contributed by atoms with Crippen molar-refractivity contribution < 1.29 is 18.3 Å². The van der Waals surface area contributed by atoms with E-state index in [1.807, 2.05) is 24.3 Å². The third kappa shape index (κ3) is 1.72. The molecule has 0 spiro atoms. The van der Waals surface area contributed by atoms with Gasteiger partial charge in [-0.15, -0.1) is 0 Å². The van der Waals surface area contributed by atoms with Crippen LogP contribution in [0.1, 0.15) is 37.3 Å². The minimum Gasteiger partial charge on any atom is -0.488 e. The van der Waals surface area contributed by atoms with E-state index in [4.69, 9.17) is 4.74 Å². The molecule has 0 radical (unpaired) electrons. The number of amides is 1. The second-order valence-corrected chi connectivity index (χ2v) is 6.30. The topological polar surface area (TPSA) is 29.5 Å². The van der Waals surface area contributed by atoms with Crippen molar-refractivity contribution >= 4 is 5.91 Å². The summed E-state index contributed by atoms with van der Waals surface area (Å²) in [6.07, 6.45) is -0.605. The van der Waals surface area contributed by atoms with Gasteiger partial charge in [0.1, 0.15) is 17.3 Å². The van der Waals surface area contributed by atoms with Crippen LogP contribution >= 0.6 is 0 Å². The van der Waals surface area contributed by atoms with Gasteiger partial charge in [0.2, 0.25) is 5.91 Å². The largest absolute Gasteiger partial charge is 0.488 e. The molecule has 21 heavy (non-hydrogen) atoms. The third-order valence-electron chi connectivity index (χ3n) is 5.18. The Morgan fingerprint density at radius 3 is 2.76 bits per heavy atom. The molecule has 1 amide bonds. The summed E-state index contributed by atoms with van der Waals surface area (Å²) in [6.45, 7) is 0.423. The lowest BCUT2D eigenvalue weighted by Crippen LogP contribution is -2.52. The molecule has 1 aromatic carbocycles. The second-order valence-electron chi connectivity index (χ2n) is 6.30. The number of likely N-dealkylation sites (tertiary alicyclic amines) is 1. The molecule has 1 saturated carbocycles. The van der Waals surface area contributed by atoms with Gasteiger partial charge in [0.05, 0.1) is 12.6 Å². The molecule has 3 nitrogen and oxygen atoms in total. The van der Waals surface area contributed by atoms with Crippen LogP contribution in [-0.2, 0) is 4.79 Å². The first-order valence-corrected chi connectivity index (χ1v) is 7.46. The molecular formula is C16H17F2NO2. The van der Waals surface area contributed by atoms with Gasteiger partial charge in [-0.05, 0) is 18.9 Å². The fourth-order valence-electron chi connectivity index (χ4n) is 3.81. The molecule has 2 bridgehead atoms. The number of hydrogen-bond donors (Lipinski definition) is 0. The fraction of sp³-hybridized carbons (Fsp3) is 0.562. The molecular weight excluding hydrogens is 276 g/mol. The van der Waals surface area contributed by atoms with Crippen LogP contribution < -0.4 is 4.74 Å². The van der Waals surface area contributed by atoms with Crippen LogP contribution in [-0.4, -0.2) is 29.9 Å². The Hall–Kier alpha value is -1.65. The Kier molecular flexibility index (Phi) is 2.75. The maximum Gasteiger partial charge on any atom is 0.252 e. The minimum atomic E-state index is -2.57. The van der Waals surface area contributed by atoms with Gasteiger partial charge in [0, 0.05) is 12.0 Å². The predicted molar refractivity (Wildman–Crippen MR) is 72.2 cm³/mol. The zero-order chi connectivity index (χ0) is 14.6. The molecule has 2 fully saturated rings. The molecule has 2 heterocycles. The van der Waals surface area contributed by atoms with Crippen molar-refractivity contribution in [3.05, 3.63) is 29.8 Å². The number of benzene rings is 1. The molecule has 1 aliphatic carbocycles. The summed E-state index contributed by atoms with van der Waals surface area (Å²) < 4.78 is 32.6. The molecule has 5 heteroatoms. The lowest BCUT2D eigenvalue weighted by atomic mass is 9.68. The van der Waals surface area contributed by atoms with Gasteiger partial charge < -0.3 is 9.64 Å². The van der Waals surface area contributed by atoms with Gasteiger partial charge in [-0.1, -0.05) is 24.6 Å². The number of rotatable bonds is 2. The Bertz CT molecular complexity index is 585. The number of carbonyl (C=O) groups excluding carboxylic acids is 1. The van der Waals surface area contributed by atoms with Gasteiger partial charge in [-0.2, -0.15) is 0 Å². The van der Waals surface area contributed by atoms with E-state index < -0.39 is 11.8 Å². The van der Waals surface area contributed by atoms with E-state index >= 15 is 0 Å². The Labute approximate surface area is 121 Å². The Balaban J connectivity index is 1.67. The number of fused-ring (bicyclic) bond motifs is 4. The SMILES string of the molecule is O=C(N1C[C@@H]2C[C@H]1c1ccccc1O2)C1(C(F)F)CCC1. The van der Waals surface area contributed by atoms with E-state index in [0.29, 0.717) is 32.2 Å². The van der Waals surface area contributed by atoms with Crippen molar-refractivity contribution in [2.24, 2.45) is 5.41 Å². The Morgan fingerprint density at radius 2 is 2.10 bits per heavy atom. The van der Waals surface area contributed by atoms with Crippen molar-refractivity contribution in [3.63, 3.8) is 0 Å². The standard InChI is InChI=1S/C16H17F2NO2/c17-14(18)16(6-3-7-16)15(20)19-9-10-8-12(19)11-4-1-2-5-13(11)21-10/h1-2,4-5,10,12,14H,3,6-9H2/t10-,12-/m0/s1. The molecule has 1 aromatic rings. The first kappa shape index (κ1) is 13.0. The quantitative estimate of drug-likeness (QED) is 0.838. The summed E-state index contributed by atoms with van der Waals surface area (Å²) in [6, 6.07) is 7.49. The van der Waals surface area contributed by atoms with Crippen LogP contribution in [0.25, 0.3) is 0 Å². The molecule has 0 N–H and O–H groups in total. The molecule has 3 aliphatic rings. The first-order chi connectivity index (χ1) is 10.1. The van der Waals surface area contributed by atoms with Crippen molar-refractivity contribution in [3.8, 4) is 5.75 Å². The van der Waals surface area contributed by atoms with Gasteiger partial charge in [0.25, 0.3) is 6.43 Å². The van der Waals surface area contributed by atoms with Crippen molar-refractivity contribution in [1.29, 1.82) is 0 Å². The number of ether oxygens (including phenoxy) is 1. The minimum absolute atomic E-state index is 0.0661. The van der Waals surface area contributed by atoms with Gasteiger partial charge >= 0.3 is 0 Å². The summed E-state index contributed by atoms with van der Waals surface area (Å²) in [5, 5.41) is 0. The van der Waals surface area contributed by atoms with Crippen LogP contribution in [0, 0.1) is 5.41 Å². The molecule has 0 aromatic heterocycles. The molecule has 0 unspecified atom stereocenters. The van der Waals surface area contributed by atoms with Crippen LogP contribution in [0.3, 0.4) is 0 Å². The molecule has 2 atom stereocenters. The van der Waals surface area contributed by atoms with E-state index in [1.54, 1.807) is 4.90 Å². The highest BCUT2D eigenvalue weighted by molar-refractivity contribution is 5.85. The molecule has 2 aliphatic heterocycles. The van der Waals surface area contributed by atoms with E-state index in [9.17, 15) is 13.6 Å². The number of carbonyl (C=O) groups is 1. The lowest BCUT2D eigenvalue weighted by Gasteiger charge is -2.43. The molecule has 4 rings (SSSR count). The van der Waals surface area contributed by atoms with Crippen LogP contribution in [0.5, 0.6) is 5.75 Å². The summed E-state index contributed by atoms with van der Waals surface area (Å²) in [7, 11) is 0. The zero-order valence-corrected chi connectivity index (χ0v) is 11.6. The first-order valence-electron chi connectivity index (χ1n) is 7.46. The molecule has 1 saturated heterocycles. The summed E-state index contributed by atoms with van der Waals surface area (Å²) in [5.74, 6) is 0.408. The van der Waals surface area contributed by atoms with E-state index in [1.165, 1.54) is 0 Å². The second kappa shape index (κ2) is 4.42. The zero-order valence-electron chi connectivity index (χ0n) is 11.6. The summed E-state index contributed by atoms with van der Waals surface area (Å²) in [4.78, 5) is 14.4. The highest BCUT2D eigenvalue weighted by Gasteiger charge is 2.56. The maximum absolute atomic E-state index is 13.4. The van der Waals surface area contributed by atoms with Crippen molar-refractivity contribution in [1.82, 2.24) is 4.90 Å². The van der Waals surface area contributed by atoms with Crippen molar-refractivity contribution in [2.45, 2.75) is 44.3 Å². The van der Waals surface area contributed by atoms with Crippen LogP contribution in [0.4, 0.5) is 8.78 Å². The number of para-hydroxylation sites is 1. The monoisotopic (exact) mass is 293 g/mol. The number of hydrogen-bond acceptors (Lipinski definition) is 2. The molecule has 112 valence electrons. The van der Waals surface area contributed by atoms with Crippen LogP contribution in [0.15, 0.2) is 24.3 Å².